The molecular weight excluding hydrogens is 258 g/mol. The van der Waals surface area contributed by atoms with Gasteiger partial charge in [-0.05, 0) is 40.7 Å². The average molecular weight is 279 g/mol. The summed E-state index contributed by atoms with van der Waals surface area (Å²) in [5.41, 5.74) is 1.27. The second-order valence-corrected chi connectivity index (χ2v) is 6.06. The largest absolute Gasteiger partial charge is 0.456 e. The summed E-state index contributed by atoms with van der Waals surface area (Å²) in [6.07, 6.45) is -0.373. The molecule has 0 aliphatic carbocycles. The molecular formula is C14H21N3O3. The molecule has 20 heavy (non-hydrogen) atoms. The summed E-state index contributed by atoms with van der Waals surface area (Å²) in [5.74, 6) is 0. The van der Waals surface area contributed by atoms with E-state index < -0.39 is 5.60 Å². The second kappa shape index (κ2) is 5.26. The van der Waals surface area contributed by atoms with Crippen molar-refractivity contribution in [3.05, 3.63) is 17.5 Å². The smallest absolute Gasteiger partial charge is 0.410 e. The van der Waals surface area contributed by atoms with Crippen LogP contribution >= 0.6 is 0 Å². The Labute approximate surface area is 119 Å². The zero-order valence-corrected chi connectivity index (χ0v) is 12.6. The van der Waals surface area contributed by atoms with Crippen LogP contribution < -0.4 is 4.74 Å². The molecule has 0 radical (unpaired) electrons. The van der Waals surface area contributed by atoms with Crippen LogP contribution in [0.4, 0.5) is 4.79 Å². The van der Waals surface area contributed by atoms with E-state index >= 15 is 0 Å². The molecule has 1 aromatic heterocycles. The maximum atomic E-state index is 11.8. The molecule has 0 bridgehead atoms. The van der Waals surface area contributed by atoms with Crippen LogP contribution in [0.1, 0.15) is 32.2 Å². The Kier molecular flexibility index (Phi) is 3.83. The van der Waals surface area contributed by atoms with Crippen molar-refractivity contribution in [1.82, 2.24) is 14.9 Å². The minimum atomic E-state index is -0.472. The SMILES string of the molecule is Cc1cc(C)nc(OC2CN(C(=O)OC(C)(C)C)C2)n1. The molecule has 1 aliphatic rings. The van der Waals surface area contributed by atoms with Crippen LogP contribution in [0.5, 0.6) is 6.01 Å². The van der Waals surface area contributed by atoms with Gasteiger partial charge in [-0.25, -0.2) is 14.8 Å². The van der Waals surface area contributed by atoms with Crippen LogP contribution in [-0.4, -0.2) is 45.8 Å². The van der Waals surface area contributed by atoms with Crippen LogP contribution in [0, 0.1) is 13.8 Å². The monoisotopic (exact) mass is 279 g/mol. The molecule has 1 aromatic rings. The van der Waals surface area contributed by atoms with Crippen LogP contribution in [-0.2, 0) is 4.74 Å². The predicted octanol–water partition coefficient (Wildman–Crippen LogP) is 2.09. The molecule has 0 unspecified atom stereocenters. The zero-order chi connectivity index (χ0) is 14.9. The van der Waals surface area contributed by atoms with Crippen molar-refractivity contribution in [2.45, 2.75) is 46.3 Å². The van der Waals surface area contributed by atoms with Crippen LogP contribution in [0.15, 0.2) is 6.07 Å². The highest BCUT2D eigenvalue weighted by Crippen LogP contribution is 2.18. The van der Waals surface area contributed by atoms with Crippen molar-refractivity contribution < 1.29 is 14.3 Å². The summed E-state index contributed by atoms with van der Waals surface area (Å²) in [5, 5.41) is 0. The summed E-state index contributed by atoms with van der Waals surface area (Å²) in [6.45, 7) is 10.4. The lowest BCUT2D eigenvalue weighted by atomic mass is 10.2. The van der Waals surface area contributed by atoms with E-state index in [2.05, 4.69) is 9.97 Å². The van der Waals surface area contributed by atoms with Crippen molar-refractivity contribution in [2.24, 2.45) is 0 Å². The van der Waals surface area contributed by atoms with Gasteiger partial charge in [0.2, 0.25) is 0 Å². The Bertz CT molecular complexity index is 485. The van der Waals surface area contributed by atoms with E-state index in [4.69, 9.17) is 9.47 Å². The molecule has 1 aliphatic heterocycles. The Balaban J connectivity index is 1.83. The van der Waals surface area contributed by atoms with Crippen molar-refractivity contribution in [2.75, 3.05) is 13.1 Å². The number of amides is 1. The fraction of sp³-hybridized carbons (Fsp3) is 0.643. The molecule has 110 valence electrons. The Morgan fingerprint density at radius 1 is 1.25 bits per heavy atom. The molecule has 2 rings (SSSR count). The number of aryl methyl sites for hydroxylation is 2. The first-order valence-corrected chi connectivity index (χ1v) is 6.70. The summed E-state index contributed by atoms with van der Waals surface area (Å²) < 4.78 is 10.9. The number of likely N-dealkylation sites (tertiary alicyclic amines) is 1. The summed E-state index contributed by atoms with van der Waals surface area (Å²) in [7, 11) is 0. The van der Waals surface area contributed by atoms with Gasteiger partial charge in [0.15, 0.2) is 0 Å². The quantitative estimate of drug-likeness (QED) is 0.829. The molecule has 0 spiro atoms. The first kappa shape index (κ1) is 14.6. The van der Waals surface area contributed by atoms with Gasteiger partial charge in [0.25, 0.3) is 0 Å². The summed E-state index contributed by atoms with van der Waals surface area (Å²) in [6, 6.07) is 2.26. The van der Waals surface area contributed by atoms with E-state index in [1.54, 1.807) is 4.90 Å². The third-order valence-corrected chi connectivity index (χ3v) is 2.73. The highest BCUT2D eigenvalue weighted by atomic mass is 16.6. The van der Waals surface area contributed by atoms with Gasteiger partial charge in [0.05, 0.1) is 13.1 Å². The number of nitrogens with zero attached hydrogens (tertiary/aromatic N) is 3. The molecule has 1 fully saturated rings. The Morgan fingerprint density at radius 2 is 1.80 bits per heavy atom. The lowest BCUT2D eigenvalue weighted by Crippen LogP contribution is -2.57. The predicted molar refractivity (Wildman–Crippen MR) is 73.7 cm³/mol. The van der Waals surface area contributed by atoms with Crippen molar-refractivity contribution >= 4 is 6.09 Å². The van der Waals surface area contributed by atoms with E-state index in [1.807, 2.05) is 40.7 Å². The average Bonchev–Trinajstić information content (AvgIpc) is 2.18. The van der Waals surface area contributed by atoms with E-state index in [0.29, 0.717) is 19.1 Å². The Hall–Kier alpha value is -1.85. The minimum Gasteiger partial charge on any atom is -0.456 e. The van der Waals surface area contributed by atoms with E-state index in [0.717, 1.165) is 11.4 Å². The third-order valence-electron chi connectivity index (χ3n) is 2.73. The lowest BCUT2D eigenvalue weighted by Gasteiger charge is -2.38. The van der Waals surface area contributed by atoms with Gasteiger partial charge in [-0.2, -0.15) is 0 Å². The number of rotatable bonds is 2. The van der Waals surface area contributed by atoms with Gasteiger partial charge in [-0.15, -0.1) is 0 Å². The van der Waals surface area contributed by atoms with Crippen LogP contribution in [0.2, 0.25) is 0 Å². The molecule has 6 heteroatoms. The molecule has 0 aromatic carbocycles. The van der Waals surface area contributed by atoms with Crippen LogP contribution in [0.3, 0.4) is 0 Å². The number of carbonyl (C=O) groups is 1. The minimum absolute atomic E-state index is 0.0660. The third kappa shape index (κ3) is 3.82. The van der Waals surface area contributed by atoms with Gasteiger partial charge in [0.1, 0.15) is 11.7 Å². The maximum absolute atomic E-state index is 11.8. The van der Waals surface area contributed by atoms with E-state index in [1.165, 1.54) is 0 Å². The van der Waals surface area contributed by atoms with E-state index in [9.17, 15) is 4.79 Å². The number of carbonyl (C=O) groups excluding carboxylic acids is 1. The van der Waals surface area contributed by atoms with Crippen molar-refractivity contribution in [3.63, 3.8) is 0 Å². The fourth-order valence-corrected chi connectivity index (χ4v) is 1.88. The first-order valence-electron chi connectivity index (χ1n) is 6.70. The van der Waals surface area contributed by atoms with Gasteiger partial charge in [-0.1, -0.05) is 0 Å². The van der Waals surface area contributed by atoms with Crippen molar-refractivity contribution in [3.8, 4) is 6.01 Å². The highest BCUT2D eigenvalue weighted by molar-refractivity contribution is 5.69. The fourth-order valence-electron chi connectivity index (χ4n) is 1.88. The number of ether oxygens (including phenoxy) is 2. The summed E-state index contributed by atoms with van der Waals surface area (Å²) >= 11 is 0. The highest BCUT2D eigenvalue weighted by Gasteiger charge is 2.35. The van der Waals surface area contributed by atoms with Gasteiger partial charge >= 0.3 is 12.1 Å². The normalized spacial score (nSPS) is 15.8. The molecule has 1 saturated heterocycles. The van der Waals surface area contributed by atoms with Crippen molar-refractivity contribution in [1.29, 1.82) is 0 Å². The standard InChI is InChI=1S/C14H21N3O3/c1-9-6-10(2)16-12(15-9)19-11-7-17(8-11)13(18)20-14(3,4)5/h6,11H,7-8H2,1-5H3. The molecule has 1 amide bonds. The van der Waals surface area contributed by atoms with Gasteiger partial charge in [-0.3, -0.25) is 0 Å². The number of hydrogen-bond donors (Lipinski definition) is 0. The zero-order valence-electron chi connectivity index (χ0n) is 12.6. The molecule has 0 saturated carbocycles. The topological polar surface area (TPSA) is 64.5 Å². The molecule has 6 nitrogen and oxygen atoms in total. The molecule has 0 atom stereocenters. The number of hydrogen-bond acceptors (Lipinski definition) is 5. The number of aromatic nitrogens is 2. The molecule has 0 N–H and O–H groups in total. The van der Waals surface area contributed by atoms with Gasteiger partial charge in [0, 0.05) is 11.4 Å². The summed E-state index contributed by atoms with van der Waals surface area (Å²) in [4.78, 5) is 21.8. The lowest BCUT2D eigenvalue weighted by molar-refractivity contribution is -0.0245. The van der Waals surface area contributed by atoms with E-state index in [-0.39, 0.29) is 12.2 Å². The second-order valence-electron chi connectivity index (χ2n) is 6.06. The first-order chi connectivity index (χ1) is 9.23. The Morgan fingerprint density at radius 3 is 2.30 bits per heavy atom. The van der Waals surface area contributed by atoms with Gasteiger partial charge < -0.3 is 14.4 Å². The van der Waals surface area contributed by atoms with Crippen LogP contribution in [0.25, 0.3) is 0 Å². The maximum Gasteiger partial charge on any atom is 0.410 e. The molecule has 2 heterocycles.